The molecule has 0 aromatic heterocycles. The molecule has 1 aromatic rings. The molecule has 1 fully saturated rings. The Kier molecular flexibility index (Phi) is 5.25. The molecule has 1 aromatic carbocycles. The van der Waals surface area contributed by atoms with Crippen LogP contribution in [0.25, 0.3) is 0 Å². The van der Waals surface area contributed by atoms with E-state index in [0.29, 0.717) is 6.04 Å². The molecule has 0 spiro atoms. The maximum atomic E-state index is 3.52. The summed E-state index contributed by atoms with van der Waals surface area (Å²) in [7, 11) is 2.12. The number of benzene rings is 1. The van der Waals surface area contributed by atoms with Crippen LogP contribution in [0.2, 0.25) is 0 Å². The van der Waals surface area contributed by atoms with E-state index in [9.17, 15) is 0 Å². The molecule has 1 saturated carbocycles. The van der Waals surface area contributed by atoms with Crippen LogP contribution in [0.3, 0.4) is 0 Å². The molecule has 0 radical (unpaired) electrons. The summed E-state index contributed by atoms with van der Waals surface area (Å²) in [6.07, 6.45) is 9.70. The molecule has 1 N–H and O–H groups in total. The van der Waals surface area contributed by atoms with Gasteiger partial charge in [0.2, 0.25) is 0 Å². The third-order valence-electron chi connectivity index (χ3n) is 4.52. The van der Waals surface area contributed by atoms with Crippen molar-refractivity contribution in [1.29, 1.82) is 0 Å². The summed E-state index contributed by atoms with van der Waals surface area (Å²) in [5, 5.41) is 3.52. The first-order chi connectivity index (χ1) is 8.79. The van der Waals surface area contributed by atoms with Crippen molar-refractivity contribution in [2.75, 3.05) is 7.05 Å². The fourth-order valence-electron chi connectivity index (χ4n) is 3.25. The first-order valence-corrected chi connectivity index (χ1v) is 7.51. The van der Waals surface area contributed by atoms with E-state index in [1.165, 1.54) is 56.1 Å². The maximum Gasteiger partial charge on any atom is 0.00698 e. The van der Waals surface area contributed by atoms with Crippen LogP contribution in [-0.2, 0) is 6.42 Å². The molecule has 100 valence electrons. The third kappa shape index (κ3) is 3.84. The van der Waals surface area contributed by atoms with Gasteiger partial charge in [0.15, 0.2) is 0 Å². The standard InChI is InChI=1S/C17H27N/c1-14-7-3-6-10-16(14)11-12-17(18-2)13-15-8-4-5-9-15/h3,6-7,10,15,17-18H,4-5,8-9,11-13H2,1-2H3. The molecule has 1 heteroatoms. The largest absolute Gasteiger partial charge is 0.317 e. The lowest BCUT2D eigenvalue weighted by atomic mass is 9.93. The summed E-state index contributed by atoms with van der Waals surface area (Å²) < 4.78 is 0. The Morgan fingerprint density at radius 3 is 2.61 bits per heavy atom. The Balaban J connectivity index is 1.81. The Morgan fingerprint density at radius 1 is 1.22 bits per heavy atom. The zero-order valence-corrected chi connectivity index (χ0v) is 11.9. The fourth-order valence-corrected chi connectivity index (χ4v) is 3.25. The van der Waals surface area contributed by atoms with Crippen molar-refractivity contribution in [1.82, 2.24) is 5.32 Å². The first-order valence-electron chi connectivity index (χ1n) is 7.51. The van der Waals surface area contributed by atoms with Crippen LogP contribution >= 0.6 is 0 Å². The predicted octanol–water partition coefficient (Wildman–Crippen LogP) is 4.10. The molecule has 0 saturated heterocycles. The monoisotopic (exact) mass is 245 g/mol. The average Bonchev–Trinajstić information content (AvgIpc) is 2.89. The van der Waals surface area contributed by atoms with Crippen molar-refractivity contribution in [3.63, 3.8) is 0 Å². The van der Waals surface area contributed by atoms with Crippen LogP contribution in [0.4, 0.5) is 0 Å². The van der Waals surface area contributed by atoms with Crippen molar-refractivity contribution < 1.29 is 0 Å². The molecule has 0 aliphatic heterocycles. The highest BCUT2D eigenvalue weighted by Gasteiger charge is 2.19. The van der Waals surface area contributed by atoms with E-state index in [4.69, 9.17) is 0 Å². The molecule has 1 nitrogen and oxygen atoms in total. The maximum absolute atomic E-state index is 3.52. The summed E-state index contributed by atoms with van der Waals surface area (Å²) in [6.45, 7) is 2.22. The van der Waals surface area contributed by atoms with Gasteiger partial charge in [-0.2, -0.15) is 0 Å². The average molecular weight is 245 g/mol. The highest BCUT2D eigenvalue weighted by molar-refractivity contribution is 5.25. The second-order valence-electron chi connectivity index (χ2n) is 5.84. The van der Waals surface area contributed by atoms with Crippen LogP contribution in [0.1, 0.15) is 49.7 Å². The number of aryl methyl sites for hydroxylation is 2. The van der Waals surface area contributed by atoms with Gasteiger partial charge in [-0.3, -0.25) is 0 Å². The first kappa shape index (κ1) is 13.6. The van der Waals surface area contributed by atoms with Gasteiger partial charge < -0.3 is 5.32 Å². The highest BCUT2D eigenvalue weighted by atomic mass is 14.9. The number of hydrogen-bond donors (Lipinski definition) is 1. The van der Waals surface area contributed by atoms with Crippen molar-refractivity contribution in [2.24, 2.45) is 5.92 Å². The van der Waals surface area contributed by atoms with Gasteiger partial charge in [-0.15, -0.1) is 0 Å². The summed E-state index contributed by atoms with van der Waals surface area (Å²) in [5.74, 6) is 0.985. The lowest BCUT2D eigenvalue weighted by Gasteiger charge is -2.20. The summed E-state index contributed by atoms with van der Waals surface area (Å²) in [5.41, 5.74) is 2.96. The predicted molar refractivity (Wildman–Crippen MR) is 78.9 cm³/mol. The van der Waals surface area contributed by atoms with Gasteiger partial charge >= 0.3 is 0 Å². The minimum atomic E-state index is 0.702. The summed E-state index contributed by atoms with van der Waals surface area (Å²) in [4.78, 5) is 0. The summed E-state index contributed by atoms with van der Waals surface area (Å²) in [6, 6.07) is 9.49. The van der Waals surface area contributed by atoms with Crippen molar-refractivity contribution >= 4 is 0 Å². The molecular formula is C17H27N. The molecule has 0 heterocycles. The van der Waals surface area contributed by atoms with E-state index >= 15 is 0 Å². The molecule has 2 rings (SSSR count). The SMILES string of the molecule is CNC(CCc1ccccc1C)CC1CCCC1. The number of rotatable bonds is 6. The highest BCUT2D eigenvalue weighted by Crippen LogP contribution is 2.29. The van der Waals surface area contributed by atoms with Gasteiger partial charge in [-0.05, 0) is 50.3 Å². The van der Waals surface area contributed by atoms with E-state index in [2.05, 4.69) is 43.6 Å². The molecule has 1 aliphatic carbocycles. The number of nitrogens with one attached hydrogen (secondary N) is 1. The van der Waals surface area contributed by atoms with Crippen LogP contribution in [0, 0.1) is 12.8 Å². The Morgan fingerprint density at radius 2 is 1.94 bits per heavy atom. The Hall–Kier alpha value is -0.820. The lowest BCUT2D eigenvalue weighted by molar-refractivity contribution is 0.388. The van der Waals surface area contributed by atoms with Gasteiger partial charge in [0.25, 0.3) is 0 Å². The minimum Gasteiger partial charge on any atom is -0.317 e. The topological polar surface area (TPSA) is 12.0 Å². The molecule has 1 atom stereocenters. The molecule has 18 heavy (non-hydrogen) atoms. The molecule has 1 aliphatic rings. The quantitative estimate of drug-likeness (QED) is 0.796. The van der Waals surface area contributed by atoms with Crippen molar-refractivity contribution in [3.05, 3.63) is 35.4 Å². The second-order valence-corrected chi connectivity index (χ2v) is 5.84. The smallest absolute Gasteiger partial charge is 0.00698 e. The van der Waals surface area contributed by atoms with Crippen molar-refractivity contribution in [3.8, 4) is 0 Å². The lowest BCUT2D eigenvalue weighted by Crippen LogP contribution is -2.28. The van der Waals surface area contributed by atoms with E-state index in [0.717, 1.165) is 5.92 Å². The van der Waals surface area contributed by atoms with Crippen LogP contribution in [0.15, 0.2) is 24.3 Å². The second kappa shape index (κ2) is 6.94. The van der Waals surface area contributed by atoms with Crippen LogP contribution < -0.4 is 5.32 Å². The van der Waals surface area contributed by atoms with E-state index in [1.807, 2.05) is 0 Å². The van der Waals surface area contributed by atoms with Crippen molar-refractivity contribution in [2.45, 2.75) is 57.9 Å². The normalized spacial score (nSPS) is 18.1. The van der Waals surface area contributed by atoms with Gasteiger partial charge in [-0.1, -0.05) is 49.9 Å². The van der Waals surface area contributed by atoms with Gasteiger partial charge in [0.05, 0.1) is 0 Å². The minimum absolute atomic E-state index is 0.702. The fraction of sp³-hybridized carbons (Fsp3) is 0.647. The summed E-state index contributed by atoms with van der Waals surface area (Å²) >= 11 is 0. The van der Waals surface area contributed by atoms with Gasteiger partial charge in [0.1, 0.15) is 0 Å². The van der Waals surface area contributed by atoms with E-state index in [1.54, 1.807) is 0 Å². The van der Waals surface area contributed by atoms with Crippen LogP contribution in [0.5, 0.6) is 0 Å². The molecule has 1 unspecified atom stereocenters. The zero-order valence-electron chi connectivity index (χ0n) is 11.9. The Bertz CT molecular complexity index is 352. The third-order valence-corrected chi connectivity index (χ3v) is 4.52. The molecule has 0 amide bonds. The Labute approximate surface area is 112 Å². The van der Waals surface area contributed by atoms with Gasteiger partial charge in [0, 0.05) is 6.04 Å². The van der Waals surface area contributed by atoms with Gasteiger partial charge in [-0.25, -0.2) is 0 Å². The zero-order chi connectivity index (χ0) is 12.8. The van der Waals surface area contributed by atoms with E-state index in [-0.39, 0.29) is 0 Å². The molecule has 0 bridgehead atoms. The molecular weight excluding hydrogens is 218 g/mol. The number of hydrogen-bond acceptors (Lipinski definition) is 1. The van der Waals surface area contributed by atoms with Crippen LogP contribution in [-0.4, -0.2) is 13.1 Å². The van der Waals surface area contributed by atoms with E-state index < -0.39 is 0 Å².